The van der Waals surface area contributed by atoms with Crippen molar-refractivity contribution in [3.8, 4) is 0 Å². The van der Waals surface area contributed by atoms with Crippen molar-refractivity contribution in [1.82, 2.24) is 4.90 Å². The predicted molar refractivity (Wildman–Crippen MR) is 77.2 cm³/mol. The molecule has 4 atom stereocenters. The number of piperidine rings is 1. The van der Waals surface area contributed by atoms with E-state index in [1.54, 1.807) is 0 Å². The maximum Gasteiger partial charge on any atom is 0.137 e. The second-order valence-electron chi connectivity index (χ2n) is 6.06. The van der Waals surface area contributed by atoms with E-state index < -0.39 is 0 Å². The van der Waals surface area contributed by atoms with Gasteiger partial charge in [0.25, 0.3) is 0 Å². The SMILES string of the molecule is CCC(=O)[C@H]1[C@@H](c2ccccc2)C[C@@H]2CC[C@H]1N2C. The van der Waals surface area contributed by atoms with E-state index >= 15 is 0 Å². The van der Waals surface area contributed by atoms with Gasteiger partial charge in [-0.2, -0.15) is 0 Å². The number of nitrogens with zero attached hydrogens (tertiary/aromatic N) is 1. The van der Waals surface area contributed by atoms with Crippen LogP contribution in [0.4, 0.5) is 0 Å². The molecule has 2 fully saturated rings. The lowest BCUT2D eigenvalue weighted by atomic mass is 9.73. The average Bonchev–Trinajstić information content (AvgIpc) is 2.70. The number of rotatable bonds is 3. The first-order valence-corrected chi connectivity index (χ1v) is 7.52. The summed E-state index contributed by atoms with van der Waals surface area (Å²) in [6, 6.07) is 11.8. The Morgan fingerprint density at radius 2 is 2.00 bits per heavy atom. The molecule has 1 aromatic carbocycles. The van der Waals surface area contributed by atoms with Gasteiger partial charge in [-0.3, -0.25) is 9.69 Å². The number of carbonyl (C=O) groups excluding carboxylic acids is 1. The number of carbonyl (C=O) groups is 1. The van der Waals surface area contributed by atoms with Crippen LogP contribution in [0.25, 0.3) is 0 Å². The molecule has 102 valence electrons. The molecule has 3 rings (SSSR count). The molecule has 2 heterocycles. The largest absolute Gasteiger partial charge is 0.300 e. The summed E-state index contributed by atoms with van der Waals surface area (Å²) < 4.78 is 0. The molecule has 0 aliphatic carbocycles. The van der Waals surface area contributed by atoms with E-state index in [1.165, 1.54) is 18.4 Å². The number of ketones is 1. The first kappa shape index (κ1) is 12.9. The van der Waals surface area contributed by atoms with Crippen LogP contribution in [0.2, 0.25) is 0 Å². The molecule has 0 N–H and O–H groups in total. The molecule has 0 spiro atoms. The van der Waals surface area contributed by atoms with E-state index in [4.69, 9.17) is 0 Å². The smallest absolute Gasteiger partial charge is 0.137 e. The van der Waals surface area contributed by atoms with Crippen molar-refractivity contribution in [3.63, 3.8) is 0 Å². The molecule has 2 heteroatoms. The van der Waals surface area contributed by atoms with E-state index in [0.717, 1.165) is 6.42 Å². The van der Waals surface area contributed by atoms with Gasteiger partial charge in [-0.25, -0.2) is 0 Å². The van der Waals surface area contributed by atoms with Crippen LogP contribution >= 0.6 is 0 Å². The minimum atomic E-state index is 0.205. The summed E-state index contributed by atoms with van der Waals surface area (Å²) in [7, 11) is 2.21. The minimum Gasteiger partial charge on any atom is -0.300 e. The normalized spacial score (nSPS) is 34.4. The van der Waals surface area contributed by atoms with Gasteiger partial charge in [0, 0.05) is 24.4 Å². The highest BCUT2D eigenvalue weighted by Crippen LogP contribution is 2.46. The summed E-state index contributed by atoms with van der Waals surface area (Å²) >= 11 is 0. The second-order valence-corrected chi connectivity index (χ2v) is 6.06. The quantitative estimate of drug-likeness (QED) is 0.828. The van der Waals surface area contributed by atoms with Gasteiger partial charge in [0.1, 0.15) is 5.78 Å². The Morgan fingerprint density at radius 3 is 2.68 bits per heavy atom. The Bertz CT molecular complexity index is 456. The number of hydrogen-bond acceptors (Lipinski definition) is 2. The standard InChI is InChI=1S/C17H23NO/c1-3-16(19)17-14(12-7-5-4-6-8-12)11-13-9-10-15(17)18(13)2/h4-8,13-15,17H,3,9-11H2,1-2H3/t13-,14+,15+,17-/m0/s1. The highest BCUT2D eigenvalue weighted by atomic mass is 16.1. The molecule has 2 bridgehead atoms. The lowest BCUT2D eigenvalue weighted by Crippen LogP contribution is -2.48. The minimum absolute atomic E-state index is 0.205. The zero-order valence-electron chi connectivity index (χ0n) is 11.9. The first-order valence-electron chi connectivity index (χ1n) is 7.52. The summed E-state index contributed by atoms with van der Waals surface area (Å²) in [6.45, 7) is 2.01. The fourth-order valence-corrected chi connectivity index (χ4v) is 4.18. The topological polar surface area (TPSA) is 20.3 Å². The highest BCUT2D eigenvalue weighted by Gasteiger charge is 2.48. The van der Waals surface area contributed by atoms with Crippen LogP contribution in [-0.2, 0) is 4.79 Å². The lowest BCUT2D eigenvalue weighted by Gasteiger charge is -2.42. The van der Waals surface area contributed by atoms with Crippen molar-refractivity contribution in [1.29, 1.82) is 0 Å². The molecule has 0 amide bonds. The van der Waals surface area contributed by atoms with Crippen LogP contribution < -0.4 is 0 Å². The average molecular weight is 257 g/mol. The Hall–Kier alpha value is -1.15. The molecular weight excluding hydrogens is 234 g/mol. The summed E-state index contributed by atoms with van der Waals surface area (Å²) in [5, 5.41) is 0. The number of hydrogen-bond donors (Lipinski definition) is 0. The lowest BCUT2D eigenvalue weighted by molar-refractivity contribution is -0.126. The monoisotopic (exact) mass is 257 g/mol. The van der Waals surface area contributed by atoms with Crippen molar-refractivity contribution < 1.29 is 4.79 Å². The van der Waals surface area contributed by atoms with Crippen LogP contribution in [0.15, 0.2) is 30.3 Å². The molecule has 0 aromatic heterocycles. The van der Waals surface area contributed by atoms with Crippen LogP contribution in [0.5, 0.6) is 0 Å². The predicted octanol–water partition coefficient (Wildman–Crippen LogP) is 3.23. The van der Waals surface area contributed by atoms with Crippen molar-refractivity contribution in [2.24, 2.45) is 5.92 Å². The molecule has 0 unspecified atom stereocenters. The molecule has 1 aromatic rings. The van der Waals surface area contributed by atoms with Crippen LogP contribution in [0, 0.1) is 5.92 Å². The molecule has 2 saturated heterocycles. The third-order valence-electron chi connectivity index (χ3n) is 5.22. The summed E-state index contributed by atoms with van der Waals surface area (Å²) in [6.07, 6.45) is 4.27. The maximum absolute atomic E-state index is 12.5. The Labute approximate surface area is 115 Å². The number of fused-ring (bicyclic) bond motifs is 2. The van der Waals surface area contributed by atoms with Crippen molar-refractivity contribution >= 4 is 5.78 Å². The molecular formula is C17H23NO. The summed E-state index contributed by atoms with van der Waals surface area (Å²) in [4.78, 5) is 14.9. The highest BCUT2D eigenvalue weighted by molar-refractivity contribution is 5.82. The molecule has 19 heavy (non-hydrogen) atoms. The van der Waals surface area contributed by atoms with Gasteiger partial charge in [-0.15, -0.1) is 0 Å². The van der Waals surface area contributed by atoms with Crippen LogP contribution in [0.1, 0.15) is 44.1 Å². The van der Waals surface area contributed by atoms with Gasteiger partial charge in [0.15, 0.2) is 0 Å². The molecule has 0 radical (unpaired) electrons. The Balaban J connectivity index is 1.96. The van der Waals surface area contributed by atoms with Gasteiger partial charge < -0.3 is 0 Å². The molecule has 2 aliphatic rings. The van der Waals surface area contributed by atoms with Crippen molar-refractivity contribution in [2.45, 2.75) is 50.6 Å². The van der Waals surface area contributed by atoms with Crippen LogP contribution in [-0.4, -0.2) is 29.8 Å². The molecule has 0 saturated carbocycles. The van der Waals surface area contributed by atoms with Crippen molar-refractivity contribution in [2.75, 3.05) is 7.05 Å². The molecule has 2 aliphatic heterocycles. The maximum atomic E-state index is 12.5. The van der Waals surface area contributed by atoms with Crippen LogP contribution in [0.3, 0.4) is 0 Å². The van der Waals surface area contributed by atoms with Crippen molar-refractivity contribution in [3.05, 3.63) is 35.9 Å². The van der Waals surface area contributed by atoms with Gasteiger partial charge >= 0.3 is 0 Å². The fourth-order valence-electron chi connectivity index (χ4n) is 4.18. The zero-order chi connectivity index (χ0) is 13.4. The van der Waals surface area contributed by atoms with Gasteiger partial charge in [-0.05, 0) is 37.8 Å². The van der Waals surface area contributed by atoms with E-state index in [0.29, 0.717) is 30.2 Å². The van der Waals surface area contributed by atoms with E-state index in [1.807, 2.05) is 6.92 Å². The molecule has 2 nitrogen and oxygen atoms in total. The van der Waals surface area contributed by atoms with E-state index in [-0.39, 0.29) is 5.92 Å². The Kier molecular flexibility index (Phi) is 3.44. The van der Waals surface area contributed by atoms with E-state index in [2.05, 4.69) is 42.3 Å². The third-order valence-corrected chi connectivity index (χ3v) is 5.22. The van der Waals surface area contributed by atoms with Gasteiger partial charge in [0.05, 0.1) is 0 Å². The summed E-state index contributed by atoms with van der Waals surface area (Å²) in [5.41, 5.74) is 1.36. The number of benzene rings is 1. The van der Waals surface area contributed by atoms with E-state index in [9.17, 15) is 4.79 Å². The number of Topliss-reactive ketones (excluding diaryl/α,β-unsaturated/α-hetero) is 1. The Morgan fingerprint density at radius 1 is 1.26 bits per heavy atom. The second kappa shape index (κ2) is 5.09. The summed E-state index contributed by atoms with van der Waals surface area (Å²) in [5.74, 6) is 1.09. The van der Waals surface area contributed by atoms with Gasteiger partial charge in [0.2, 0.25) is 0 Å². The third kappa shape index (κ3) is 2.12. The fraction of sp³-hybridized carbons (Fsp3) is 0.588. The first-order chi connectivity index (χ1) is 9.22. The zero-order valence-corrected chi connectivity index (χ0v) is 11.9. The van der Waals surface area contributed by atoms with Gasteiger partial charge in [-0.1, -0.05) is 37.3 Å².